The molecule has 110 valence electrons. The highest BCUT2D eigenvalue weighted by molar-refractivity contribution is 7.21. The molecule has 1 aromatic heterocycles. The lowest BCUT2D eigenvalue weighted by Crippen LogP contribution is -2.47. The van der Waals surface area contributed by atoms with Crippen LogP contribution in [0.1, 0.15) is 22.5 Å². The van der Waals surface area contributed by atoms with Crippen LogP contribution in [0, 0.1) is 5.82 Å². The minimum Gasteiger partial charge on any atom is -0.354 e. The van der Waals surface area contributed by atoms with Gasteiger partial charge in [0, 0.05) is 29.1 Å². The third kappa shape index (κ3) is 2.87. The summed E-state index contributed by atoms with van der Waals surface area (Å²) in [4.78, 5) is 23.7. The van der Waals surface area contributed by atoms with E-state index in [1.54, 1.807) is 6.07 Å². The molecule has 1 unspecified atom stereocenters. The lowest BCUT2D eigenvalue weighted by atomic mass is 10.1. The summed E-state index contributed by atoms with van der Waals surface area (Å²) in [5, 5.41) is 6.57. The molecule has 2 amide bonds. The van der Waals surface area contributed by atoms with E-state index < -0.39 is 0 Å². The molecule has 7 heteroatoms. The molecule has 21 heavy (non-hydrogen) atoms. The van der Waals surface area contributed by atoms with E-state index in [0.717, 1.165) is 11.3 Å². The fourth-order valence-electron chi connectivity index (χ4n) is 2.29. The van der Waals surface area contributed by atoms with Gasteiger partial charge in [0.15, 0.2) is 0 Å². The zero-order valence-electron chi connectivity index (χ0n) is 10.9. The molecule has 0 bridgehead atoms. The van der Waals surface area contributed by atoms with Gasteiger partial charge in [-0.3, -0.25) is 9.59 Å². The molecule has 3 rings (SSSR count). The number of carbonyl (C=O) groups excluding carboxylic acids is 2. The molecule has 1 saturated heterocycles. The molecule has 0 spiro atoms. The first kappa shape index (κ1) is 14.3. The Morgan fingerprint density at radius 3 is 3.00 bits per heavy atom. The molecule has 1 aliphatic rings. The van der Waals surface area contributed by atoms with E-state index in [2.05, 4.69) is 10.6 Å². The van der Waals surface area contributed by atoms with Crippen LogP contribution < -0.4 is 10.6 Å². The zero-order chi connectivity index (χ0) is 15.0. The number of fused-ring (bicyclic) bond motifs is 1. The van der Waals surface area contributed by atoms with Crippen molar-refractivity contribution in [2.45, 2.75) is 18.9 Å². The van der Waals surface area contributed by atoms with E-state index in [0.29, 0.717) is 39.4 Å². The Balaban J connectivity index is 1.81. The maximum absolute atomic E-state index is 13.2. The molecule has 2 aromatic rings. The molecular formula is C14H12ClFN2O2S. The van der Waals surface area contributed by atoms with Gasteiger partial charge in [0.2, 0.25) is 5.91 Å². The Hall–Kier alpha value is -1.66. The van der Waals surface area contributed by atoms with Crippen LogP contribution >= 0.6 is 22.9 Å². The van der Waals surface area contributed by atoms with E-state index in [1.165, 1.54) is 12.1 Å². The summed E-state index contributed by atoms with van der Waals surface area (Å²) < 4.78 is 13.9. The summed E-state index contributed by atoms with van der Waals surface area (Å²) in [7, 11) is 0. The molecule has 0 radical (unpaired) electrons. The van der Waals surface area contributed by atoms with Gasteiger partial charge in [-0.25, -0.2) is 4.39 Å². The number of thiophene rings is 1. The number of hydrogen-bond acceptors (Lipinski definition) is 3. The monoisotopic (exact) mass is 326 g/mol. The van der Waals surface area contributed by atoms with Gasteiger partial charge in [-0.15, -0.1) is 11.3 Å². The van der Waals surface area contributed by atoms with Crippen LogP contribution in [0.25, 0.3) is 10.1 Å². The van der Waals surface area contributed by atoms with Crippen molar-refractivity contribution in [2.24, 2.45) is 0 Å². The molecule has 1 fully saturated rings. The van der Waals surface area contributed by atoms with Crippen LogP contribution in [-0.4, -0.2) is 24.4 Å². The van der Waals surface area contributed by atoms with Crippen molar-refractivity contribution in [1.82, 2.24) is 10.6 Å². The van der Waals surface area contributed by atoms with Crippen LogP contribution in [-0.2, 0) is 4.79 Å². The molecular weight excluding hydrogens is 315 g/mol. The summed E-state index contributed by atoms with van der Waals surface area (Å²) in [5.74, 6) is -0.652. The topological polar surface area (TPSA) is 58.2 Å². The van der Waals surface area contributed by atoms with Crippen molar-refractivity contribution in [3.05, 3.63) is 33.9 Å². The van der Waals surface area contributed by atoms with Gasteiger partial charge >= 0.3 is 0 Å². The molecule has 0 saturated carbocycles. The average Bonchev–Trinajstić information content (AvgIpc) is 2.78. The van der Waals surface area contributed by atoms with Gasteiger partial charge in [-0.1, -0.05) is 11.6 Å². The minimum absolute atomic E-state index is 0.00383. The Morgan fingerprint density at radius 1 is 1.48 bits per heavy atom. The predicted octanol–water partition coefficient (Wildman–Crippen LogP) is 2.70. The number of benzene rings is 1. The molecule has 1 atom stereocenters. The van der Waals surface area contributed by atoms with Crippen LogP contribution in [0.4, 0.5) is 4.39 Å². The number of nitrogens with one attached hydrogen (secondary N) is 2. The number of hydrogen-bond donors (Lipinski definition) is 2. The molecule has 4 nitrogen and oxygen atoms in total. The Labute approximate surface area is 129 Å². The van der Waals surface area contributed by atoms with Gasteiger partial charge in [0.1, 0.15) is 10.7 Å². The van der Waals surface area contributed by atoms with Crippen molar-refractivity contribution in [1.29, 1.82) is 0 Å². The van der Waals surface area contributed by atoms with Crippen LogP contribution in [0.5, 0.6) is 0 Å². The molecule has 2 N–H and O–H groups in total. The number of halogens is 2. The molecule has 1 aliphatic heterocycles. The first-order chi connectivity index (χ1) is 10.0. The van der Waals surface area contributed by atoms with E-state index >= 15 is 0 Å². The second-order valence-corrected chi connectivity index (χ2v) is 6.33. The summed E-state index contributed by atoms with van der Waals surface area (Å²) in [6, 6.07) is 4.15. The maximum atomic E-state index is 13.2. The fourth-order valence-corrected chi connectivity index (χ4v) is 3.74. The molecule has 1 aromatic carbocycles. The normalized spacial score (nSPS) is 18.6. The van der Waals surface area contributed by atoms with Gasteiger partial charge in [-0.05, 0) is 24.6 Å². The number of piperidine rings is 1. The van der Waals surface area contributed by atoms with Crippen molar-refractivity contribution in [3.8, 4) is 0 Å². The minimum atomic E-state index is -0.359. The second kappa shape index (κ2) is 5.61. The van der Waals surface area contributed by atoms with Crippen LogP contribution in [0.2, 0.25) is 5.02 Å². The molecule has 0 aliphatic carbocycles. The van der Waals surface area contributed by atoms with Crippen molar-refractivity contribution < 1.29 is 14.0 Å². The van der Waals surface area contributed by atoms with E-state index in [1.807, 2.05) is 0 Å². The van der Waals surface area contributed by atoms with Gasteiger partial charge in [0.25, 0.3) is 5.91 Å². The highest BCUT2D eigenvalue weighted by Gasteiger charge is 2.23. The van der Waals surface area contributed by atoms with Gasteiger partial charge in [0.05, 0.1) is 5.02 Å². The largest absolute Gasteiger partial charge is 0.354 e. The Bertz CT molecular complexity index is 721. The van der Waals surface area contributed by atoms with E-state index in [-0.39, 0.29) is 23.7 Å². The summed E-state index contributed by atoms with van der Waals surface area (Å²) >= 11 is 7.37. The average molecular weight is 327 g/mol. The van der Waals surface area contributed by atoms with Crippen molar-refractivity contribution in [3.63, 3.8) is 0 Å². The van der Waals surface area contributed by atoms with Gasteiger partial charge < -0.3 is 10.6 Å². The molecule has 2 heterocycles. The maximum Gasteiger partial charge on any atom is 0.263 e. The SMILES string of the molecule is O=C1CCC(NC(=O)c2sc3cc(F)ccc3c2Cl)CN1. The highest BCUT2D eigenvalue weighted by Crippen LogP contribution is 2.35. The second-order valence-electron chi connectivity index (χ2n) is 4.90. The number of carbonyl (C=O) groups is 2. The Kier molecular flexibility index (Phi) is 3.82. The number of amides is 2. The lowest BCUT2D eigenvalue weighted by Gasteiger charge is -2.23. The Morgan fingerprint density at radius 2 is 2.29 bits per heavy atom. The first-order valence-electron chi connectivity index (χ1n) is 6.49. The van der Waals surface area contributed by atoms with Crippen LogP contribution in [0.15, 0.2) is 18.2 Å². The third-order valence-electron chi connectivity index (χ3n) is 3.40. The highest BCUT2D eigenvalue weighted by atomic mass is 35.5. The zero-order valence-corrected chi connectivity index (χ0v) is 12.5. The van der Waals surface area contributed by atoms with Crippen molar-refractivity contribution >= 4 is 44.8 Å². The fraction of sp³-hybridized carbons (Fsp3) is 0.286. The summed E-state index contributed by atoms with van der Waals surface area (Å²) in [6.45, 7) is 0.418. The van der Waals surface area contributed by atoms with E-state index in [9.17, 15) is 14.0 Å². The summed E-state index contributed by atoms with van der Waals surface area (Å²) in [6.07, 6.45) is 1.00. The van der Waals surface area contributed by atoms with Gasteiger partial charge in [-0.2, -0.15) is 0 Å². The predicted molar refractivity (Wildman–Crippen MR) is 80.3 cm³/mol. The first-order valence-corrected chi connectivity index (χ1v) is 7.69. The van der Waals surface area contributed by atoms with E-state index in [4.69, 9.17) is 11.6 Å². The number of rotatable bonds is 2. The standard InChI is InChI=1S/C14H12ClFN2O2S/c15-12-9-3-1-7(16)5-10(9)21-13(12)14(20)18-8-2-4-11(19)17-6-8/h1,3,5,8H,2,4,6H2,(H,17,19)(H,18,20). The third-order valence-corrected chi connectivity index (χ3v) is 5.05. The van der Waals surface area contributed by atoms with Crippen molar-refractivity contribution in [2.75, 3.05) is 6.54 Å². The smallest absolute Gasteiger partial charge is 0.263 e. The quantitative estimate of drug-likeness (QED) is 0.891. The van der Waals surface area contributed by atoms with Crippen LogP contribution in [0.3, 0.4) is 0 Å². The summed E-state index contributed by atoms with van der Waals surface area (Å²) in [5.41, 5.74) is 0. The lowest BCUT2D eigenvalue weighted by molar-refractivity contribution is -0.122.